The topological polar surface area (TPSA) is 0 Å². The predicted octanol–water partition coefficient (Wildman–Crippen LogP) is 3.47. The zero-order valence-electron chi connectivity index (χ0n) is 7.40. The highest BCUT2D eigenvalue weighted by molar-refractivity contribution is 7.16. The van der Waals surface area contributed by atoms with Gasteiger partial charge in [0.1, 0.15) is 0 Å². The second-order valence-corrected chi connectivity index (χ2v) is 3.96. The maximum atomic E-state index is 2.78. The molecular formula is C9H21P. The van der Waals surface area contributed by atoms with Gasteiger partial charge in [-0.1, -0.05) is 39.5 Å². The van der Waals surface area contributed by atoms with E-state index in [0.29, 0.717) is 0 Å². The van der Waals surface area contributed by atoms with E-state index in [9.17, 15) is 0 Å². The second kappa shape index (κ2) is 7.54. The van der Waals surface area contributed by atoms with Crippen molar-refractivity contribution in [3.8, 4) is 0 Å². The van der Waals surface area contributed by atoms with Gasteiger partial charge in [0.05, 0.1) is 0 Å². The molecule has 0 rings (SSSR count). The van der Waals surface area contributed by atoms with E-state index in [-0.39, 0.29) is 0 Å². The zero-order chi connectivity index (χ0) is 7.82. The fraction of sp³-hybridized carbons (Fsp3) is 1.00. The van der Waals surface area contributed by atoms with E-state index < -0.39 is 0 Å². The summed E-state index contributed by atoms with van der Waals surface area (Å²) in [6.07, 6.45) is 8.38. The van der Waals surface area contributed by atoms with Gasteiger partial charge in [0.2, 0.25) is 0 Å². The van der Waals surface area contributed by atoms with Crippen LogP contribution in [0.1, 0.15) is 46.0 Å². The van der Waals surface area contributed by atoms with Crippen LogP contribution in [-0.2, 0) is 0 Å². The van der Waals surface area contributed by atoms with Gasteiger partial charge in [-0.05, 0) is 18.5 Å². The third-order valence-corrected chi connectivity index (χ3v) is 2.14. The summed E-state index contributed by atoms with van der Waals surface area (Å²) in [4.78, 5) is 0. The average molecular weight is 160 g/mol. The summed E-state index contributed by atoms with van der Waals surface area (Å²) in [7, 11) is 2.78. The highest BCUT2D eigenvalue weighted by Crippen LogP contribution is 2.09. The first-order valence-electron chi connectivity index (χ1n) is 4.47. The summed E-state index contributed by atoms with van der Waals surface area (Å²) < 4.78 is 0. The quantitative estimate of drug-likeness (QED) is 0.412. The molecule has 0 amide bonds. The summed E-state index contributed by atoms with van der Waals surface area (Å²) >= 11 is 0. The fourth-order valence-electron chi connectivity index (χ4n) is 1.05. The SMILES string of the molecule is CC(C)CCCCCCP. The van der Waals surface area contributed by atoms with Crippen LogP contribution in [0.25, 0.3) is 0 Å². The van der Waals surface area contributed by atoms with E-state index in [0.717, 1.165) is 5.92 Å². The molecule has 0 radical (unpaired) electrons. The predicted molar refractivity (Wildman–Crippen MR) is 52.5 cm³/mol. The highest BCUT2D eigenvalue weighted by atomic mass is 31.0. The number of hydrogen-bond acceptors (Lipinski definition) is 0. The van der Waals surface area contributed by atoms with Crippen molar-refractivity contribution in [2.45, 2.75) is 46.0 Å². The lowest BCUT2D eigenvalue weighted by Gasteiger charge is -2.02. The van der Waals surface area contributed by atoms with Gasteiger partial charge in [-0.2, -0.15) is 0 Å². The largest absolute Gasteiger partial charge is 0.138 e. The lowest BCUT2D eigenvalue weighted by molar-refractivity contribution is 0.525. The normalized spacial score (nSPS) is 10.8. The molecule has 0 nitrogen and oxygen atoms in total. The molecule has 0 bridgehead atoms. The Hall–Kier alpha value is 0.430. The standard InChI is InChI=1S/C9H21P/c1-9(2)7-5-3-4-6-8-10/h9H,3-8,10H2,1-2H3. The van der Waals surface area contributed by atoms with Gasteiger partial charge in [-0.25, -0.2) is 0 Å². The molecule has 0 aromatic carbocycles. The highest BCUT2D eigenvalue weighted by Gasteiger charge is 1.92. The number of unbranched alkanes of at least 4 members (excludes halogenated alkanes) is 3. The van der Waals surface area contributed by atoms with Crippen LogP contribution in [0.15, 0.2) is 0 Å². The number of rotatable bonds is 6. The van der Waals surface area contributed by atoms with E-state index in [1.54, 1.807) is 0 Å². The van der Waals surface area contributed by atoms with Crippen molar-refractivity contribution in [1.82, 2.24) is 0 Å². The summed E-state index contributed by atoms with van der Waals surface area (Å²) in [5.41, 5.74) is 0. The van der Waals surface area contributed by atoms with Crippen LogP contribution in [0, 0.1) is 5.92 Å². The summed E-state index contributed by atoms with van der Waals surface area (Å²) in [5.74, 6) is 0.899. The first kappa shape index (κ1) is 10.4. The van der Waals surface area contributed by atoms with Crippen LogP contribution in [0.5, 0.6) is 0 Å². The molecule has 62 valence electrons. The molecule has 1 atom stereocenters. The monoisotopic (exact) mass is 160 g/mol. The first-order valence-corrected chi connectivity index (χ1v) is 5.29. The molecule has 0 N–H and O–H groups in total. The molecule has 1 heteroatoms. The Labute approximate surface area is 68.0 Å². The van der Waals surface area contributed by atoms with Gasteiger partial charge in [0, 0.05) is 0 Å². The van der Waals surface area contributed by atoms with Gasteiger partial charge in [0.15, 0.2) is 0 Å². The summed E-state index contributed by atoms with van der Waals surface area (Å²) in [5, 5.41) is 0. The van der Waals surface area contributed by atoms with E-state index in [4.69, 9.17) is 0 Å². The molecule has 0 aliphatic rings. The Kier molecular flexibility index (Phi) is 7.86. The Balaban J connectivity index is 2.77. The molecule has 0 heterocycles. The van der Waals surface area contributed by atoms with Crippen LogP contribution >= 0.6 is 9.24 Å². The lowest BCUT2D eigenvalue weighted by atomic mass is 10.0. The molecule has 0 aromatic heterocycles. The van der Waals surface area contributed by atoms with Crippen molar-refractivity contribution in [3.63, 3.8) is 0 Å². The van der Waals surface area contributed by atoms with Crippen LogP contribution in [-0.4, -0.2) is 6.16 Å². The van der Waals surface area contributed by atoms with E-state index in [1.807, 2.05) is 0 Å². The average Bonchev–Trinajstić information content (AvgIpc) is 1.87. The minimum absolute atomic E-state index is 0.899. The van der Waals surface area contributed by atoms with Crippen molar-refractivity contribution in [2.24, 2.45) is 5.92 Å². The first-order chi connectivity index (χ1) is 4.77. The van der Waals surface area contributed by atoms with Crippen LogP contribution < -0.4 is 0 Å². The van der Waals surface area contributed by atoms with Crippen LogP contribution in [0.4, 0.5) is 0 Å². The Morgan fingerprint density at radius 1 is 1.00 bits per heavy atom. The molecule has 0 fully saturated rings. The lowest BCUT2D eigenvalue weighted by Crippen LogP contribution is -1.86. The molecule has 0 aliphatic heterocycles. The smallest absolute Gasteiger partial charge is 0.0381 e. The van der Waals surface area contributed by atoms with Crippen LogP contribution in [0.2, 0.25) is 0 Å². The maximum Gasteiger partial charge on any atom is -0.0381 e. The van der Waals surface area contributed by atoms with Crippen molar-refractivity contribution in [2.75, 3.05) is 6.16 Å². The molecular weight excluding hydrogens is 139 g/mol. The molecule has 10 heavy (non-hydrogen) atoms. The van der Waals surface area contributed by atoms with Gasteiger partial charge >= 0.3 is 0 Å². The molecule has 0 spiro atoms. The summed E-state index contributed by atoms with van der Waals surface area (Å²) in [6.45, 7) is 4.60. The Morgan fingerprint density at radius 3 is 2.10 bits per heavy atom. The van der Waals surface area contributed by atoms with Crippen molar-refractivity contribution >= 4 is 9.24 Å². The van der Waals surface area contributed by atoms with Crippen molar-refractivity contribution in [1.29, 1.82) is 0 Å². The van der Waals surface area contributed by atoms with Gasteiger partial charge in [-0.15, -0.1) is 9.24 Å². The van der Waals surface area contributed by atoms with Gasteiger partial charge in [-0.3, -0.25) is 0 Å². The molecule has 0 saturated carbocycles. The third kappa shape index (κ3) is 8.43. The number of hydrogen-bond donors (Lipinski definition) is 0. The van der Waals surface area contributed by atoms with E-state index >= 15 is 0 Å². The zero-order valence-corrected chi connectivity index (χ0v) is 8.55. The molecule has 0 aliphatic carbocycles. The Morgan fingerprint density at radius 2 is 1.60 bits per heavy atom. The minimum Gasteiger partial charge on any atom is -0.138 e. The van der Waals surface area contributed by atoms with E-state index in [1.165, 1.54) is 38.3 Å². The summed E-state index contributed by atoms with van der Waals surface area (Å²) in [6, 6.07) is 0. The third-order valence-electron chi connectivity index (χ3n) is 1.74. The maximum absolute atomic E-state index is 2.78. The fourth-order valence-corrected chi connectivity index (χ4v) is 1.34. The molecule has 0 saturated heterocycles. The van der Waals surface area contributed by atoms with E-state index in [2.05, 4.69) is 23.1 Å². The van der Waals surface area contributed by atoms with Gasteiger partial charge < -0.3 is 0 Å². The molecule has 0 aromatic rings. The molecule has 1 unspecified atom stereocenters. The minimum atomic E-state index is 0.899. The van der Waals surface area contributed by atoms with Gasteiger partial charge in [0.25, 0.3) is 0 Å². The van der Waals surface area contributed by atoms with Crippen molar-refractivity contribution < 1.29 is 0 Å². The van der Waals surface area contributed by atoms with Crippen LogP contribution in [0.3, 0.4) is 0 Å². The second-order valence-electron chi connectivity index (χ2n) is 3.39. The van der Waals surface area contributed by atoms with Crippen molar-refractivity contribution in [3.05, 3.63) is 0 Å². The Bertz CT molecular complexity index is 59.7.